The Kier molecular flexibility index (Phi) is 4.93. The molecule has 1 aromatic carbocycles. The molecule has 3 rings (SSSR count). The molecule has 8 heteroatoms. The predicted octanol–water partition coefficient (Wildman–Crippen LogP) is 3.81. The van der Waals surface area contributed by atoms with Crippen molar-refractivity contribution in [1.82, 2.24) is 10.3 Å². The number of carboxylic acid groups (broad SMARTS) is 1. The number of aliphatic carboxylic acids is 1. The number of carbonyl (C=O) groups excluding carboxylic acids is 1. The number of carbonyl (C=O) groups is 2. The van der Waals surface area contributed by atoms with Crippen molar-refractivity contribution in [2.75, 3.05) is 6.54 Å². The molecule has 1 aromatic heterocycles. The number of rotatable bonds is 4. The number of aromatic amines is 1. The van der Waals surface area contributed by atoms with Gasteiger partial charge in [0, 0.05) is 18.1 Å². The fourth-order valence-corrected chi connectivity index (χ4v) is 3.54. The molecule has 0 atom stereocenters. The molecule has 0 aliphatic heterocycles. The van der Waals surface area contributed by atoms with Crippen molar-refractivity contribution >= 4 is 22.8 Å². The largest absolute Gasteiger partial charge is 0.481 e. The number of fused-ring (bicyclic) bond motifs is 1. The van der Waals surface area contributed by atoms with Crippen LogP contribution in [0.15, 0.2) is 24.4 Å². The lowest BCUT2D eigenvalue weighted by atomic mass is 9.82. The fraction of sp³-hybridized carbons (Fsp3) is 0.444. The number of benzene rings is 1. The van der Waals surface area contributed by atoms with E-state index in [4.69, 9.17) is 5.11 Å². The van der Waals surface area contributed by atoms with Crippen molar-refractivity contribution in [3.8, 4) is 0 Å². The van der Waals surface area contributed by atoms with Gasteiger partial charge in [0.25, 0.3) is 5.91 Å². The highest BCUT2D eigenvalue weighted by Crippen LogP contribution is 2.35. The lowest BCUT2D eigenvalue weighted by Crippen LogP contribution is -2.33. The smallest absolute Gasteiger partial charge is 0.417 e. The lowest BCUT2D eigenvalue weighted by molar-refractivity contribution is -0.143. The number of hydrogen-bond donors (Lipinski definition) is 3. The van der Waals surface area contributed by atoms with E-state index in [-0.39, 0.29) is 23.9 Å². The number of aromatic nitrogens is 1. The van der Waals surface area contributed by atoms with Gasteiger partial charge in [-0.05, 0) is 43.7 Å². The second-order valence-corrected chi connectivity index (χ2v) is 6.69. The SMILES string of the molecule is O=C(NCC1CCC(C(=O)O)CC1)c1c(C(F)(F)F)ccc2cc[nH]c12. The van der Waals surface area contributed by atoms with E-state index in [1.165, 1.54) is 12.3 Å². The van der Waals surface area contributed by atoms with E-state index in [1.54, 1.807) is 6.07 Å². The van der Waals surface area contributed by atoms with Crippen LogP contribution in [0.2, 0.25) is 0 Å². The molecule has 0 spiro atoms. The predicted molar refractivity (Wildman–Crippen MR) is 88.7 cm³/mol. The average Bonchev–Trinajstić information content (AvgIpc) is 3.07. The monoisotopic (exact) mass is 368 g/mol. The van der Waals surface area contributed by atoms with Crippen LogP contribution in [-0.2, 0) is 11.0 Å². The van der Waals surface area contributed by atoms with E-state index in [0.29, 0.717) is 31.1 Å². The normalized spacial score (nSPS) is 20.9. The molecule has 1 fully saturated rings. The third-order valence-corrected chi connectivity index (χ3v) is 5.01. The van der Waals surface area contributed by atoms with Crippen molar-refractivity contribution in [3.05, 3.63) is 35.5 Å². The van der Waals surface area contributed by atoms with Crippen LogP contribution in [0.5, 0.6) is 0 Å². The highest BCUT2D eigenvalue weighted by Gasteiger charge is 2.36. The van der Waals surface area contributed by atoms with Crippen LogP contribution in [0.1, 0.15) is 41.6 Å². The molecule has 140 valence electrons. The molecule has 2 aromatic rings. The first kappa shape index (κ1) is 18.3. The van der Waals surface area contributed by atoms with Crippen LogP contribution in [0.25, 0.3) is 10.9 Å². The van der Waals surface area contributed by atoms with E-state index >= 15 is 0 Å². The van der Waals surface area contributed by atoms with Gasteiger partial charge < -0.3 is 15.4 Å². The molecule has 0 unspecified atom stereocenters. The Bertz CT molecular complexity index is 821. The first-order chi connectivity index (χ1) is 12.3. The fourth-order valence-electron chi connectivity index (χ4n) is 3.54. The number of halogens is 3. The molecule has 1 saturated carbocycles. The van der Waals surface area contributed by atoms with Crippen molar-refractivity contribution in [2.45, 2.75) is 31.9 Å². The second-order valence-electron chi connectivity index (χ2n) is 6.69. The summed E-state index contributed by atoms with van der Waals surface area (Å²) in [5.74, 6) is -1.88. The summed E-state index contributed by atoms with van der Waals surface area (Å²) in [6.07, 6.45) is -0.821. The third kappa shape index (κ3) is 3.68. The van der Waals surface area contributed by atoms with Crippen molar-refractivity contribution in [1.29, 1.82) is 0 Å². The van der Waals surface area contributed by atoms with E-state index < -0.39 is 29.2 Å². The Morgan fingerprint density at radius 3 is 2.46 bits per heavy atom. The maximum atomic E-state index is 13.3. The molecule has 1 amide bonds. The minimum atomic E-state index is -4.63. The highest BCUT2D eigenvalue weighted by atomic mass is 19.4. The van der Waals surface area contributed by atoms with Crippen LogP contribution in [0.4, 0.5) is 13.2 Å². The molecule has 1 heterocycles. The Morgan fingerprint density at radius 1 is 1.15 bits per heavy atom. The topological polar surface area (TPSA) is 82.2 Å². The first-order valence-electron chi connectivity index (χ1n) is 8.45. The minimum absolute atomic E-state index is 0.0757. The summed E-state index contributed by atoms with van der Waals surface area (Å²) in [6.45, 7) is 0.236. The van der Waals surface area contributed by atoms with Gasteiger partial charge in [0.2, 0.25) is 0 Å². The summed E-state index contributed by atoms with van der Waals surface area (Å²) in [7, 11) is 0. The molecule has 1 aliphatic carbocycles. The van der Waals surface area contributed by atoms with Gasteiger partial charge >= 0.3 is 12.1 Å². The molecular formula is C18H19F3N2O3. The molecule has 0 radical (unpaired) electrons. The molecule has 26 heavy (non-hydrogen) atoms. The summed E-state index contributed by atoms with van der Waals surface area (Å²) in [4.78, 5) is 26.2. The molecule has 0 saturated heterocycles. The van der Waals surface area contributed by atoms with E-state index in [2.05, 4.69) is 10.3 Å². The maximum absolute atomic E-state index is 13.3. The summed E-state index contributed by atoms with van der Waals surface area (Å²) in [6, 6.07) is 3.86. The van der Waals surface area contributed by atoms with Gasteiger partial charge in [0.05, 0.1) is 22.6 Å². The number of alkyl halides is 3. The van der Waals surface area contributed by atoms with Crippen LogP contribution >= 0.6 is 0 Å². The van der Waals surface area contributed by atoms with E-state index in [0.717, 1.165) is 6.07 Å². The van der Waals surface area contributed by atoms with Crippen LogP contribution in [-0.4, -0.2) is 28.5 Å². The zero-order chi connectivity index (χ0) is 18.9. The average molecular weight is 368 g/mol. The summed E-state index contributed by atoms with van der Waals surface area (Å²) in [5, 5.41) is 12.1. The zero-order valence-electron chi connectivity index (χ0n) is 13.9. The molecule has 5 nitrogen and oxygen atoms in total. The van der Waals surface area contributed by atoms with Gasteiger partial charge in [-0.2, -0.15) is 13.2 Å². The van der Waals surface area contributed by atoms with Crippen molar-refractivity contribution < 1.29 is 27.9 Å². The van der Waals surface area contributed by atoms with Crippen molar-refractivity contribution in [2.24, 2.45) is 11.8 Å². The van der Waals surface area contributed by atoms with E-state index in [1.807, 2.05) is 0 Å². The van der Waals surface area contributed by atoms with Crippen LogP contribution in [0.3, 0.4) is 0 Å². The Balaban J connectivity index is 1.74. The van der Waals surface area contributed by atoms with E-state index in [9.17, 15) is 22.8 Å². The van der Waals surface area contributed by atoms with Gasteiger partial charge in [-0.15, -0.1) is 0 Å². The lowest BCUT2D eigenvalue weighted by Gasteiger charge is -2.26. The summed E-state index contributed by atoms with van der Waals surface area (Å²) < 4.78 is 39.9. The number of nitrogens with one attached hydrogen (secondary N) is 2. The summed E-state index contributed by atoms with van der Waals surface area (Å²) >= 11 is 0. The number of hydrogen-bond acceptors (Lipinski definition) is 2. The van der Waals surface area contributed by atoms with Gasteiger partial charge in [-0.3, -0.25) is 9.59 Å². The molecular weight excluding hydrogens is 349 g/mol. The zero-order valence-corrected chi connectivity index (χ0v) is 13.9. The number of carboxylic acids is 1. The van der Waals surface area contributed by atoms with Crippen molar-refractivity contribution in [3.63, 3.8) is 0 Å². The Morgan fingerprint density at radius 2 is 1.85 bits per heavy atom. The van der Waals surface area contributed by atoms with Crippen LogP contribution in [0, 0.1) is 11.8 Å². The van der Waals surface area contributed by atoms with Gasteiger partial charge in [-0.25, -0.2) is 0 Å². The number of amides is 1. The van der Waals surface area contributed by atoms with Gasteiger partial charge in [-0.1, -0.05) is 6.07 Å². The highest BCUT2D eigenvalue weighted by molar-refractivity contribution is 6.07. The quantitative estimate of drug-likeness (QED) is 0.768. The molecule has 0 bridgehead atoms. The molecule has 3 N–H and O–H groups in total. The minimum Gasteiger partial charge on any atom is -0.481 e. The number of H-pyrrole nitrogens is 1. The second kappa shape index (κ2) is 7.01. The third-order valence-electron chi connectivity index (χ3n) is 5.01. The van der Waals surface area contributed by atoms with Crippen LogP contribution < -0.4 is 5.32 Å². The first-order valence-corrected chi connectivity index (χ1v) is 8.45. The van der Waals surface area contributed by atoms with Gasteiger partial charge in [0.15, 0.2) is 0 Å². The Hall–Kier alpha value is -2.51. The Labute approximate surface area is 147 Å². The standard InChI is InChI=1S/C18H19F3N2O3/c19-18(20,21)13-6-5-11-7-8-22-15(11)14(13)16(24)23-9-10-1-3-12(4-2-10)17(25)26/h5-8,10,12,22H,1-4,9H2,(H,23,24)(H,25,26). The summed E-state index contributed by atoms with van der Waals surface area (Å²) in [5.41, 5.74) is -1.22. The van der Waals surface area contributed by atoms with Gasteiger partial charge in [0.1, 0.15) is 0 Å². The maximum Gasteiger partial charge on any atom is 0.417 e. The molecule has 1 aliphatic rings.